The first-order valence-corrected chi connectivity index (χ1v) is 8.65. The van der Waals surface area contributed by atoms with Gasteiger partial charge in [-0.1, -0.05) is 6.92 Å². The van der Waals surface area contributed by atoms with E-state index < -0.39 is 10.0 Å². The van der Waals surface area contributed by atoms with E-state index in [4.69, 9.17) is 0 Å². The van der Waals surface area contributed by atoms with Crippen LogP contribution in [-0.4, -0.2) is 31.2 Å². The molecule has 20 heavy (non-hydrogen) atoms. The van der Waals surface area contributed by atoms with Crippen LogP contribution < -0.4 is 10.0 Å². The summed E-state index contributed by atoms with van der Waals surface area (Å²) in [7, 11) is -3.52. The van der Waals surface area contributed by atoms with Crippen molar-refractivity contribution in [2.24, 2.45) is 5.41 Å². The highest BCUT2D eigenvalue weighted by Crippen LogP contribution is 2.44. The molecule has 3 rings (SSSR count). The molecule has 2 saturated carbocycles. The molecule has 0 radical (unpaired) electrons. The van der Waals surface area contributed by atoms with Crippen LogP contribution in [0.5, 0.6) is 0 Å². The molecule has 1 aromatic heterocycles. The molecule has 0 bridgehead atoms. The van der Waals surface area contributed by atoms with Crippen molar-refractivity contribution in [3.8, 4) is 0 Å². The van der Waals surface area contributed by atoms with E-state index in [2.05, 4.69) is 27.2 Å². The summed E-state index contributed by atoms with van der Waals surface area (Å²) in [6.07, 6.45) is 4.53. The van der Waals surface area contributed by atoms with Gasteiger partial charge in [-0.15, -0.1) is 0 Å². The third kappa shape index (κ3) is 3.05. The summed E-state index contributed by atoms with van der Waals surface area (Å²) in [6.45, 7) is 5.01. The van der Waals surface area contributed by atoms with Crippen molar-refractivity contribution in [2.45, 2.75) is 57.1 Å². The van der Waals surface area contributed by atoms with E-state index in [1.807, 2.05) is 6.92 Å². The average Bonchev–Trinajstić information content (AvgIpc) is 3.30. The van der Waals surface area contributed by atoms with E-state index in [0.29, 0.717) is 19.1 Å². The first-order valence-electron chi connectivity index (χ1n) is 7.17. The minimum Gasteiger partial charge on any atom is -0.310 e. The van der Waals surface area contributed by atoms with Crippen LogP contribution >= 0.6 is 0 Å². The molecule has 6 nitrogen and oxygen atoms in total. The Balaban J connectivity index is 1.73. The van der Waals surface area contributed by atoms with Gasteiger partial charge in [0.15, 0.2) is 5.03 Å². The minimum absolute atomic E-state index is 0.144. The number of aryl methyl sites for hydroxylation is 1. The quantitative estimate of drug-likeness (QED) is 0.702. The first-order chi connectivity index (χ1) is 9.40. The Bertz CT molecular complexity index is 600. The van der Waals surface area contributed by atoms with E-state index in [1.165, 1.54) is 12.8 Å². The second-order valence-electron chi connectivity index (χ2n) is 6.42. The van der Waals surface area contributed by atoms with Gasteiger partial charge in [-0.3, -0.25) is 5.10 Å². The fraction of sp³-hybridized carbons (Fsp3) is 0.769. The predicted octanol–water partition coefficient (Wildman–Crippen LogP) is 1.05. The Morgan fingerprint density at radius 2 is 2.10 bits per heavy atom. The average molecular weight is 298 g/mol. The summed E-state index contributed by atoms with van der Waals surface area (Å²) in [5, 5.41) is 10.3. The number of hydrogen-bond acceptors (Lipinski definition) is 4. The number of sulfonamides is 1. The molecule has 0 unspecified atom stereocenters. The van der Waals surface area contributed by atoms with Gasteiger partial charge >= 0.3 is 0 Å². The Morgan fingerprint density at radius 3 is 2.70 bits per heavy atom. The number of aromatic nitrogens is 2. The second kappa shape index (κ2) is 4.82. The first kappa shape index (κ1) is 14.0. The lowest BCUT2D eigenvalue weighted by atomic mass is 10.2. The number of H-pyrrole nitrogens is 1. The van der Waals surface area contributed by atoms with Crippen molar-refractivity contribution < 1.29 is 8.42 Å². The van der Waals surface area contributed by atoms with Crippen molar-refractivity contribution in [2.75, 3.05) is 6.54 Å². The number of nitrogens with zero attached hydrogens (tertiary/aromatic N) is 1. The van der Waals surface area contributed by atoms with E-state index in [-0.39, 0.29) is 10.4 Å². The van der Waals surface area contributed by atoms with Gasteiger partial charge in [-0.2, -0.15) is 5.10 Å². The predicted molar refractivity (Wildman–Crippen MR) is 75.7 cm³/mol. The lowest BCUT2D eigenvalue weighted by molar-refractivity contribution is 0.527. The second-order valence-corrected chi connectivity index (χ2v) is 8.10. The molecular weight excluding hydrogens is 276 g/mol. The van der Waals surface area contributed by atoms with Crippen molar-refractivity contribution in [1.82, 2.24) is 20.2 Å². The zero-order valence-corrected chi connectivity index (χ0v) is 12.8. The standard InChI is InChI=1S/C13H22N4O2S/c1-9-11(7-14-10-3-4-10)12(17-16-9)20(18,19)15-8-13(2)5-6-13/h10,14-15H,3-8H2,1-2H3,(H,16,17). The van der Waals surface area contributed by atoms with Crippen molar-refractivity contribution >= 4 is 10.0 Å². The Hall–Kier alpha value is -0.920. The third-order valence-electron chi connectivity index (χ3n) is 4.23. The zero-order chi connectivity index (χ0) is 14.4. The molecular formula is C13H22N4O2S. The molecule has 1 aromatic rings. The number of rotatable bonds is 7. The van der Waals surface area contributed by atoms with Crippen LogP contribution in [0.15, 0.2) is 5.03 Å². The monoisotopic (exact) mass is 298 g/mol. The minimum atomic E-state index is -3.52. The summed E-state index contributed by atoms with van der Waals surface area (Å²) in [5.41, 5.74) is 1.71. The molecule has 2 aliphatic carbocycles. The molecule has 3 N–H and O–H groups in total. The van der Waals surface area contributed by atoms with E-state index in [9.17, 15) is 8.42 Å². The van der Waals surface area contributed by atoms with Crippen LogP contribution in [-0.2, 0) is 16.6 Å². The number of hydrogen-bond donors (Lipinski definition) is 3. The maximum Gasteiger partial charge on any atom is 0.260 e. The maximum absolute atomic E-state index is 12.4. The summed E-state index contributed by atoms with van der Waals surface area (Å²) in [4.78, 5) is 0. The summed E-state index contributed by atoms with van der Waals surface area (Å²) < 4.78 is 27.5. The highest BCUT2D eigenvalue weighted by molar-refractivity contribution is 7.89. The zero-order valence-electron chi connectivity index (χ0n) is 12.0. The van der Waals surface area contributed by atoms with Gasteiger partial charge in [0.2, 0.25) is 0 Å². The molecule has 0 aliphatic heterocycles. The van der Waals surface area contributed by atoms with Gasteiger partial charge in [0.25, 0.3) is 10.0 Å². The maximum atomic E-state index is 12.4. The molecule has 0 spiro atoms. The Kier molecular flexibility index (Phi) is 3.38. The molecule has 7 heteroatoms. The highest BCUT2D eigenvalue weighted by Gasteiger charge is 2.38. The summed E-state index contributed by atoms with van der Waals surface area (Å²) >= 11 is 0. The van der Waals surface area contributed by atoms with Gasteiger partial charge in [0, 0.05) is 30.4 Å². The number of aromatic amines is 1. The summed E-state index contributed by atoms with van der Waals surface area (Å²) in [5.74, 6) is 0. The van der Waals surface area contributed by atoms with Crippen molar-refractivity contribution in [3.05, 3.63) is 11.3 Å². The van der Waals surface area contributed by atoms with Gasteiger partial charge in [-0.05, 0) is 38.0 Å². The highest BCUT2D eigenvalue weighted by atomic mass is 32.2. The SMILES string of the molecule is Cc1[nH]nc(S(=O)(=O)NCC2(C)CC2)c1CNC1CC1. The van der Waals surface area contributed by atoms with Gasteiger partial charge in [-0.25, -0.2) is 13.1 Å². The topological polar surface area (TPSA) is 86.9 Å². The molecule has 112 valence electrons. The molecule has 0 saturated heterocycles. The van der Waals surface area contributed by atoms with Crippen LogP contribution in [0.3, 0.4) is 0 Å². The van der Waals surface area contributed by atoms with Gasteiger partial charge in [0.05, 0.1) is 0 Å². The Morgan fingerprint density at radius 1 is 1.40 bits per heavy atom. The van der Waals surface area contributed by atoms with Crippen LogP contribution in [0.4, 0.5) is 0 Å². The van der Waals surface area contributed by atoms with E-state index in [1.54, 1.807) is 0 Å². The smallest absolute Gasteiger partial charge is 0.260 e. The fourth-order valence-electron chi connectivity index (χ4n) is 2.12. The number of nitrogens with one attached hydrogen (secondary N) is 3. The lowest BCUT2D eigenvalue weighted by Gasteiger charge is -2.11. The van der Waals surface area contributed by atoms with Gasteiger partial charge in [0.1, 0.15) is 0 Å². The third-order valence-corrected chi connectivity index (χ3v) is 5.60. The largest absolute Gasteiger partial charge is 0.310 e. The van der Waals surface area contributed by atoms with Crippen LogP contribution in [0.25, 0.3) is 0 Å². The molecule has 2 fully saturated rings. The summed E-state index contributed by atoms with van der Waals surface area (Å²) in [6, 6.07) is 0.540. The normalized spacial score (nSPS) is 21.1. The van der Waals surface area contributed by atoms with Crippen molar-refractivity contribution in [1.29, 1.82) is 0 Å². The molecule has 0 atom stereocenters. The lowest BCUT2D eigenvalue weighted by Crippen LogP contribution is -2.30. The van der Waals surface area contributed by atoms with Crippen LogP contribution in [0.1, 0.15) is 43.9 Å². The van der Waals surface area contributed by atoms with Crippen LogP contribution in [0.2, 0.25) is 0 Å². The molecule has 2 aliphatic rings. The molecule has 1 heterocycles. The molecule has 0 amide bonds. The Labute approximate surface area is 119 Å². The van der Waals surface area contributed by atoms with Gasteiger partial charge < -0.3 is 5.32 Å². The fourth-order valence-corrected chi connectivity index (χ4v) is 3.51. The molecule has 0 aromatic carbocycles. The van der Waals surface area contributed by atoms with Crippen LogP contribution in [0, 0.1) is 12.3 Å². The van der Waals surface area contributed by atoms with Crippen molar-refractivity contribution in [3.63, 3.8) is 0 Å². The van der Waals surface area contributed by atoms with E-state index >= 15 is 0 Å². The van der Waals surface area contributed by atoms with E-state index in [0.717, 1.165) is 24.1 Å².